The highest BCUT2D eigenvalue weighted by molar-refractivity contribution is 14.1. The fourth-order valence-corrected chi connectivity index (χ4v) is 3.62. The number of nitrogens with zero attached hydrogens (tertiary/aromatic N) is 2. The lowest BCUT2D eigenvalue weighted by molar-refractivity contribution is 1.27. The second-order valence-electron chi connectivity index (χ2n) is 3.07. The lowest BCUT2D eigenvalue weighted by atomic mass is 10.1. The van der Waals surface area contributed by atoms with Crippen molar-refractivity contribution in [2.45, 2.75) is 0 Å². The predicted octanol–water partition coefficient (Wildman–Crippen LogP) is 5.58. The van der Waals surface area contributed by atoms with E-state index in [9.17, 15) is 0 Å². The lowest BCUT2D eigenvalue weighted by Crippen LogP contribution is -1.91. The van der Waals surface area contributed by atoms with Crippen LogP contribution < -0.4 is 0 Å². The molecule has 0 aliphatic rings. The molecule has 0 spiro atoms. The Morgan fingerprint density at radius 3 is 2.41 bits per heavy atom. The van der Waals surface area contributed by atoms with E-state index in [-0.39, 0.29) is 0 Å². The summed E-state index contributed by atoms with van der Waals surface area (Å²) in [5.74, 6) is 0. The van der Waals surface area contributed by atoms with Crippen LogP contribution in [0.3, 0.4) is 0 Å². The molecular weight excluding hydrogens is 506 g/mol. The Hall–Kier alpha value is 0.570. The van der Waals surface area contributed by atoms with Crippen molar-refractivity contribution in [1.29, 1.82) is 0 Å². The second kappa shape index (κ2) is 5.69. The van der Waals surface area contributed by atoms with Gasteiger partial charge < -0.3 is 0 Å². The summed E-state index contributed by atoms with van der Waals surface area (Å²) in [7, 11) is 0. The van der Waals surface area contributed by atoms with E-state index < -0.39 is 0 Å². The number of hydrogen-bond acceptors (Lipinski definition) is 2. The zero-order chi connectivity index (χ0) is 12.6. The Balaban J connectivity index is 2.76. The number of halogens is 5. The minimum absolute atomic E-state index is 0.429. The van der Waals surface area contributed by atoms with E-state index in [0.717, 1.165) is 23.6 Å². The second-order valence-corrected chi connectivity index (χ2v) is 6.61. The third-order valence-electron chi connectivity index (χ3n) is 2.02. The first-order valence-electron chi connectivity index (χ1n) is 4.31. The van der Waals surface area contributed by atoms with Crippen molar-refractivity contribution in [2.75, 3.05) is 0 Å². The van der Waals surface area contributed by atoms with E-state index in [4.69, 9.17) is 23.2 Å². The zero-order valence-electron chi connectivity index (χ0n) is 8.02. The van der Waals surface area contributed by atoms with Crippen LogP contribution in [0.5, 0.6) is 0 Å². The maximum Gasteiger partial charge on any atom is 0.143 e. The van der Waals surface area contributed by atoms with Crippen molar-refractivity contribution in [3.05, 3.63) is 41.3 Å². The predicted molar refractivity (Wildman–Crippen MR) is 85.6 cm³/mol. The smallest absolute Gasteiger partial charge is 0.143 e. The molecule has 2 aromatic heterocycles. The van der Waals surface area contributed by atoms with Gasteiger partial charge in [0.05, 0.1) is 3.57 Å². The van der Waals surface area contributed by atoms with Crippen LogP contribution in [0.2, 0.25) is 10.3 Å². The molecule has 0 N–H and O–H groups in total. The van der Waals surface area contributed by atoms with Crippen LogP contribution in [-0.4, -0.2) is 9.97 Å². The molecule has 7 heteroatoms. The van der Waals surface area contributed by atoms with E-state index >= 15 is 0 Å². The first-order chi connectivity index (χ1) is 8.00. The molecule has 2 nitrogen and oxygen atoms in total. The largest absolute Gasteiger partial charge is 0.243 e. The van der Waals surface area contributed by atoms with Gasteiger partial charge in [-0.3, -0.25) is 0 Å². The SMILES string of the molecule is Clc1cc(-c2c(Br)cnc(Cl)c2I)c(Br)cn1. The molecule has 17 heavy (non-hydrogen) atoms. The van der Waals surface area contributed by atoms with E-state index in [1.54, 1.807) is 18.5 Å². The van der Waals surface area contributed by atoms with Gasteiger partial charge in [0.25, 0.3) is 0 Å². The van der Waals surface area contributed by atoms with Crippen LogP contribution >= 0.6 is 77.7 Å². The first-order valence-corrected chi connectivity index (χ1v) is 7.73. The van der Waals surface area contributed by atoms with Gasteiger partial charge in [0.2, 0.25) is 0 Å². The minimum Gasteiger partial charge on any atom is -0.243 e. The van der Waals surface area contributed by atoms with Crippen LogP contribution in [0, 0.1) is 3.57 Å². The number of rotatable bonds is 1. The molecule has 0 aromatic carbocycles. The van der Waals surface area contributed by atoms with Gasteiger partial charge in [0.1, 0.15) is 10.3 Å². The van der Waals surface area contributed by atoms with Crippen LogP contribution in [0.1, 0.15) is 0 Å². The molecule has 0 fully saturated rings. The molecule has 88 valence electrons. The lowest BCUT2D eigenvalue weighted by Gasteiger charge is -2.10. The number of aromatic nitrogens is 2. The van der Waals surface area contributed by atoms with Crippen molar-refractivity contribution >= 4 is 77.7 Å². The molecule has 2 heterocycles. The average molecular weight is 509 g/mol. The highest BCUT2D eigenvalue weighted by Crippen LogP contribution is 2.39. The summed E-state index contributed by atoms with van der Waals surface area (Å²) in [6, 6.07) is 1.78. The zero-order valence-corrected chi connectivity index (χ0v) is 14.9. The Bertz CT molecular complexity index is 593. The van der Waals surface area contributed by atoms with Gasteiger partial charge in [0, 0.05) is 32.5 Å². The van der Waals surface area contributed by atoms with Gasteiger partial charge in [-0.05, 0) is 60.5 Å². The van der Waals surface area contributed by atoms with Crippen LogP contribution in [-0.2, 0) is 0 Å². The molecule has 0 aliphatic carbocycles. The third-order valence-corrected chi connectivity index (χ3v) is 5.12. The van der Waals surface area contributed by atoms with Gasteiger partial charge in [-0.25, -0.2) is 9.97 Å². The molecule has 0 aliphatic heterocycles. The van der Waals surface area contributed by atoms with Crippen molar-refractivity contribution in [3.8, 4) is 11.1 Å². The molecular formula is C10H3Br2Cl2IN2. The van der Waals surface area contributed by atoms with Gasteiger partial charge in [-0.2, -0.15) is 0 Å². The molecule has 0 radical (unpaired) electrons. The summed E-state index contributed by atoms with van der Waals surface area (Å²) in [5.41, 5.74) is 1.87. The van der Waals surface area contributed by atoms with E-state index in [1.165, 1.54) is 0 Å². The van der Waals surface area contributed by atoms with Crippen molar-refractivity contribution < 1.29 is 0 Å². The Morgan fingerprint density at radius 1 is 1.06 bits per heavy atom. The number of hydrogen-bond donors (Lipinski definition) is 0. The topological polar surface area (TPSA) is 25.8 Å². The van der Waals surface area contributed by atoms with E-state index in [1.807, 2.05) is 0 Å². The highest BCUT2D eigenvalue weighted by atomic mass is 127. The molecule has 0 saturated carbocycles. The van der Waals surface area contributed by atoms with Gasteiger partial charge >= 0.3 is 0 Å². The van der Waals surface area contributed by atoms with Gasteiger partial charge in [-0.15, -0.1) is 0 Å². The monoisotopic (exact) mass is 506 g/mol. The number of pyridine rings is 2. The average Bonchev–Trinajstić information content (AvgIpc) is 2.29. The fraction of sp³-hybridized carbons (Fsp3) is 0. The molecule has 0 unspecified atom stereocenters. The summed E-state index contributed by atoms with van der Waals surface area (Å²) < 4.78 is 2.57. The van der Waals surface area contributed by atoms with Gasteiger partial charge in [0.15, 0.2) is 0 Å². The minimum atomic E-state index is 0.429. The third kappa shape index (κ3) is 2.94. The standard InChI is InChI=1S/C10H3Br2Cl2IN2/c11-5-2-16-7(13)1-4(5)8-6(12)3-17-10(14)9(8)15/h1-3H. The Kier molecular flexibility index (Phi) is 4.68. The maximum atomic E-state index is 6.02. The van der Waals surface area contributed by atoms with Crippen LogP contribution in [0.25, 0.3) is 11.1 Å². The van der Waals surface area contributed by atoms with Crippen LogP contribution in [0.15, 0.2) is 27.4 Å². The molecule has 0 saturated heterocycles. The van der Waals surface area contributed by atoms with Gasteiger partial charge in [-0.1, -0.05) is 23.2 Å². The van der Waals surface area contributed by atoms with Crippen molar-refractivity contribution in [2.24, 2.45) is 0 Å². The summed E-state index contributed by atoms with van der Waals surface area (Å²) in [5, 5.41) is 0.891. The molecule has 0 bridgehead atoms. The Labute approximate surface area is 139 Å². The first kappa shape index (κ1) is 14.0. The summed E-state index contributed by atoms with van der Waals surface area (Å²) in [6.07, 6.45) is 3.33. The molecule has 0 amide bonds. The van der Waals surface area contributed by atoms with E-state index in [2.05, 4.69) is 64.4 Å². The maximum absolute atomic E-state index is 6.02. The normalized spacial score (nSPS) is 10.6. The summed E-state index contributed by atoms with van der Waals surface area (Å²) in [6.45, 7) is 0. The quantitative estimate of drug-likeness (QED) is 0.371. The van der Waals surface area contributed by atoms with E-state index in [0.29, 0.717) is 10.3 Å². The molecule has 0 atom stereocenters. The van der Waals surface area contributed by atoms with Crippen LogP contribution in [0.4, 0.5) is 0 Å². The van der Waals surface area contributed by atoms with Crippen molar-refractivity contribution in [3.63, 3.8) is 0 Å². The highest BCUT2D eigenvalue weighted by Gasteiger charge is 2.15. The molecule has 2 rings (SSSR count). The Morgan fingerprint density at radius 2 is 1.71 bits per heavy atom. The summed E-state index contributed by atoms with van der Waals surface area (Å²) >= 11 is 21.0. The summed E-state index contributed by atoms with van der Waals surface area (Å²) in [4.78, 5) is 8.06. The van der Waals surface area contributed by atoms with Crippen molar-refractivity contribution in [1.82, 2.24) is 9.97 Å². The molecule has 2 aromatic rings. The fourth-order valence-electron chi connectivity index (χ4n) is 1.29.